The number of amides is 2. The zero-order chi connectivity index (χ0) is 15.1. The van der Waals surface area contributed by atoms with Crippen molar-refractivity contribution in [3.63, 3.8) is 0 Å². The molecule has 2 amide bonds. The Bertz CT molecular complexity index is 502. The van der Waals surface area contributed by atoms with E-state index in [9.17, 15) is 14.4 Å². The van der Waals surface area contributed by atoms with Gasteiger partial charge in [0.2, 0.25) is 0 Å². The minimum atomic E-state index is -0.968. The number of primary amides is 1. The number of carbonyl (C=O) groups excluding carboxylic acids is 3. The number of ether oxygens (including phenoxy) is 1. The molecule has 0 fully saturated rings. The van der Waals surface area contributed by atoms with Crippen molar-refractivity contribution in [3.8, 4) is 0 Å². The summed E-state index contributed by atoms with van der Waals surface area (Å²) in [6, 6.07) is 6.81. The molecule has 0 aliphatic rings. The molecular formula is C13H15BrN2O4. The highest BCUT2D eigenvalue weighted by Gasteiger charge is 2.14. The smallest absolute Gasteiger partial charge is 0.308 e. The molecule has 1 atom stereocenters. The minimum absolute atomic E-state index is 0.0279. The Morgan fingerprint density at radius 2 is 1.90 bits per heavy atom. The molecule has 3 N–H and O–H groups in total. The van der Waals surface area contributed by atoms with Crippen molar-refractivity contribution in [1.29, 1.82) is 0 Å². The lowest BCUT2D eigenvalue weighted by Gasteiger charge is -2.10. The highest BCUT2D eigenvalue weighted by Crippen LogP contribution is 2.10. The SMILES string of the molecule is C[C@H](OC(=O)CCNC(=O)c1ccc(Br)cc1)C(N)=O. The summed E-state index contributed by atoms with van der Waals surface area (Å²) in [5, 5.41) is 2.58. The fourth-order valence-corrected chi connectivity index (χ4v) is 1.56. The van der Waals surface area contributed by atoms with Crippen LogP contribution in [0.2, 0.25) is 0 Å². The normalized spacial score (nSPS) is 11.5. The molecule has 0 aliphatic heterocycles. The Morgan fingerprint density at radius 1 is 1.30 bits per heavy atom. The first-order valence-electron chi connectivity index (χ1n) is 5.92. The third-order valence-electron chi connectivity index (χ3n) is 2.43. The second-order valence-corrected chi connectivity index (χ2v) is 4.96. The van der Waals surface area contributed by atoms with Crippen LogP contribution in [-0.4, -0.2) is 30.4 Å². The Kier molecular flexibility index (Phi) is 6.17. The molecule has 0 aromatic heterocycles. The first-order chi connectivity index (χ1) is 9.40. The van der Waals surface area contributed by atoms with Gasteiger partial charge in [-0.15, -0.1) is 0 Å². The largest absolute Gasteiger partial charge is 0.453 e. The van der Waals surface area contributed by atoms with E-state index < -0.39 is 18.0 Å². The number of benzene rings is 1. The van der Waals surface area contributed by atoms with Gasteiger partial charge in [-0.3, -0.25) is 14.4 Å². The third kappa shape index (κ3) is 5.40. The van der Waals surface area contributed by atoms with Crippen molar-refractivity contribution in [2.75, 3.05) is 6.54 Å². The van der Waals surface area contributed by atoms with Crippen molar-refractivity contribution in [3.05, 3.63) is 34.3 Å². The average Bonchev–Trinajstić information content (AvgIpc) is 2.39. The summed E-state index contributed by atoms with van der Waals surface area (Å²) in [6.45, 7) is 1.51. The van der Waals surface area contributed by atoms with Crippen molar-refractivity contribution < 1.29 is 19.1 Å². The van der Waals surface area contributed by atoms with E-state index in [0.29, 0.717) is 5.56 Å². The molecule has 0 bridgehead atoms. The number of nitrogens with one attached hydrogen (secondary N) is 1. The topological polar surface area (TPSA) is 98.5 Å². The standard InChI is InChI=1S/C13H15BrN2O4/c1-8(12(15)18)20-11(17)6-7-16-13(19)9-2-4-10(14)5-3-9/h2-5,8H,6-7H2,1H3,(H2,15,18)(H,16,19)/t8-/m0/s1. The predicted octanol–water partition coefficient (Wildman–Crippen LogP) is 0.986. The number of hydrogen-bond acceptors (Lipinski definition) is 4. The number of esters is 1. The van der Waals surface area contributed by atoms with Crippen LogP contribution in [0, 0.1) is 0 Å². The van der Waals surface area contributed by atoms with E-state index in [4.69, 9.17) is 10.5 Å². The van der Waals surface area contributed by atoms with Crippen molar-refractivity contribution in [2.24, 2.45) is 5.73 Å². The molecule has 1 aromatic rings. The summed E-state index contributed by atoms with van der Waals surface area (Å²) in [7, 11) is 0. The summed E-state index contributed by atoms with van der Waals surface area (Å²) in [5.74, 6) is -1.59. The summed E-state index contributed by atoms with van der Waals surface area (Å²) >= 11 is 3.27. The van der Waals surface area contributed by atoms with Crippen LogP contribution >= 0.6 is 15.9 Å². The lowest BCUT2D eigenvalue weighted by Crippen LogP contribution is -2.32. The molecule has 0 heterocycles. The van der Waals surface area contributed by atoms with E-state index in [2.05, 4.69) is 21.2 Å². The number of halogens is 1. The van der Waals surface area contributed by atoms with Gasteiger partial charge in [-0.2, -0.15) is 0 Å². The molecule has 20 heavy (non-hydrogen) atoms. The zero-order valence-corrected chi connectivity index (χ0v) is 12.5. The van der Waals surface area contributed by atoms with Gasteiger partial charge in [0.15, 0.2) is 6.10 Å². The van der Waals surface area contributed by atoms with Gasteiger partial charge in [0, 0.05) is 16.6 Å². The van der Waals surface area contributed by atoms with Gasteiger partial charge in [-0.05, 0) is 31.2 Å². The van der Waals surface area contributed by atoms with Gasteiger partial charge in [0.05, 0.1) is 6.42 Å². The maximum atomic E-state index is 11.7. The van der Waals surface area contributed by atoms with E-state index >= 15 is 0 Å². The van der Waals surface area contributed by atoms with Gasteiger partial charge in [-0.25, -0.2) is 0 Å². The number of nitrogens with two attached hydrogens (primary N) is 1. The Balaban J connectivity index is 2.33. The second kappa shape index (κ2) is 7.64. The number of hydrogen-bond donors (Lipinski definition) is 2. The monoisotopic (exact) mass is 342 g/mol. The van der Waals surface area contributed by atoms with Crippen LogP contribution in [0.15, 0.2) is 28.7 Å². The average molecular weight is 343 g/mol. The van der Waals surface area contributed by atoms with Crippen molar-refractivity contribution >= 4 is 33.7 Å². The Labute approximate surface area is 124 Å². The van der Waals surface area contributed by atoms with Crippen molar-refractivity contribution in [1.82, 2.24) is 5.32 Å². The molecule has 7 heteroatoms. The van der Waals surface area contributed by atoms with E-state index in [1.165, 1.54) is 6.92 Å². The first kappa shape index (κ1) is 16.2. The van der Waals surface area contributed by atoms with Gasteiger partial charge in [-0.1, -0.05) is 15.9 Å². The van der Waals surface area contributed by atoms with Crippen LogP contribution in [0.1, 0.15) is 23.7 Å². The maximum absolute atomic E-state index is 11.7. The van der Waals surface area contributed by atoms with Gasteiger partial charge >= 0.3 is 5.97 Å². The molecule has 0 aliphatic carbocycles. The lowest BCUT2D eigenvalue weighted by atomic mass is 10.2. The van der Waals surface area contributed by atoms with E-state index in [1.807, 2.05) is 0 Å². The highest BCUT2D eigenvalue weighted by molar-refractivity contribution is 9.10. The number of rotatable bonds is 6. The minimum Gasteiger partial charge on any atom is -0.453 e. The summed E-state index contributed by atoms with van der Waals surface area (Å²) < 4.78 is 5.62. The fourth-order valence-electron chi connectivity index (χ4n) is 1.30. The van der Waals surface area contributed by atoms with Crippen LogP contribution in [0.25, 0.3) is 0 Å². The van der Waals surface area contributed by atoms with E-state index in [0.717, 1.165) is 4.47 Å². The molecule has 0 saturated carbocycles. The van der Waals surface area contributed by atoms with Gasteiger partial charge in [0.1, 0.15) is 0 Å². The second-order valence-electron chi connectivity index (χ2n) is 4.05. The summed E-state index contributed by atoms with van der Waals surface area (Å²) in [5.41, 5.74) is 5.45. The third-order valence-corrected chi connectivity index (χ3v) is 2.96. The molecule has 0 radical (unpaired) electrons. The van der Waals surface area contributed by atoms with E-state index in [-0.39, 0.29) is 18.9 Å². The predicted molar refractivity (Wildman–Crippen MR) is 75.8 cm³/mol. The van der Waals surface area contributed by atoms with E-state index in [1.54, 1.807) is 24.3 Å². The summed E-state index contributed by atoms with van der Waals surface area (Å²) in [6.07, 6.45) is -0.996. The Morgan fingerprint density at radius 3 is 2.45 bits per heavy atom. The maximum Gasteiger partial charge on any atom is 0.308 e. The lowest BCUT2D eigenvalue weighted by molar-refractivity contribution is -0.153. The molecule has 108 valence electrons. The summed E-state index contributed by atoms with van der Waals surface area (Å²) in [4.78, 5) is 33.7. The van der Waals surface area contributed by atoms with Crippen LogP contribution in [0.3, 0.4) is 0 Å². The molecule has 1 rings (SSSR count). The van der Waals surface area contributed by atoms with Gasteiger partial charge < -0.3 is 15.8 Å². The molecular weight excluding hydrogens is 328 g/mol. The van der Waals surface area contributed by atoms with Gasteiger partial charge in [0.25, 0.3) is 11.8 Å². The molecule has 0 saturated heterocycles. The van der Waals surface area contributed by atoms with Crippen LogP contribution in [-0.2, 0) is 14.3 Å². The molecule has 1 aromatic carbocycles. The van der Waals surface area contributed by atoms with Crippen LogP contribution in [0.4, 0.5) is 0 Å². The van der Waals surface area contributed by atoms with Crippen molar-refractivity contribution in [2.45, 2.75) is 19.4 Å². The molecule has 0 unspecified atom stereocenters. The quantitative estimate of drug-likeness (QED) is 0.753. The van der Waals surface area contributed by atoms with Crippen LogP contribution in [0.5, 0.6) is 0 Å². The molecule has 6 nitrogen and oxygen atoms in total. The fraction of sp³-hybridized carbons (Fsp3) is 0.308. The van der Waals surface area contributed by atoms with Crippen LogP contribution < -0.4 is 11.1 Å². The highest BCUT2D eigenvalue weighted by atomic mass is 79.9. The number of carbonyl (C=O) groups is 3. The molecule has 0 spiro atoms. The first-order valence-corrected chi connectivity index (χ1v) is 6.72. The Hall–Kier alpha value is -1.89. The zero-order valence-electron chi connectivity index (χ0n) is 10.9.